The molecule has 0 spiro atoms. The smallest absolute Gasteiger partial charge is 0.278 e. The Morgan fingerprint density at radius 1 is 1.33 bits per heavy atom. The predicted octanol–water partition coefficient (Wildman–Crippen LogP) is 0.833. The number of hydrogen-bond donors (Lipinski definition) is 1. The van der Waals surface area contributed by atoms with E-state index < -0.39 is 0 Å². The van der Waals surface area contributed by atoms with Gasteiger partial charge in [-0.3, -0.25) is 9.69 Å². The van der Waals surface area contributed by atoms with Crippen LogP contribution in [0, 0.1) is 0 Å². The van der Waals surface area contributed by atoms with Crippen molar-refractivity contribution in [2.75, 3.05) is 39.3 Å². The molecular weight excluding hydrogens is 212 g/mol. The molecule has 2 saturated heterocycles. The van der Waals surface area contributed by atoms with Gasteiger partial charge in [0.25, 0.3) is 5.24 Å². The van der Waals surface area contributed by atoms with Crippen molar-refractivity contribution in [1.29, 1.82) is 0 Å². The van der Waals surface area contributed by atoms with Crippen molar-refractivity contribution >= 4 is 17.9 Å². The highest BCUT2D eigenvalue weighted by Gasteiger charge is 2.23. The van der Waals surface area contributed by atoms with E-state index in [1.165, 1.54) is 12.8 Å². The molecule has 0 aromatic heterocycles. The quantitative estimate of drug-likeness (QED) is 0.713. The van der Waals surface area contributed by atoms with E-state index in [-0.39, 0.29) is 5.24 Å². The van der Waals surface area contributed by atoms with Crippen LogP contribution in [0.25, 0.3) is 0 Å². The minimum atomic E-state index is -0.105. The van der Waals surface area contributed by atoms with Gasteiger partial charge < -0.3 is 9.64 Å². The second-order valence-corrected chi connectivity index (χ2v) is 4.59. The Balaban J connectivity index is 1.71. The molecule has 15 heavy (non-hydrogen) atoms. The van der Waals surface area contributed by atoms with Crippen LogP contribution in [0.4, 0.5) is 4.79 Å². The second kappa shape index (κ2) is 5.18. The second-order valence-electron chi connectivity index (χ2n) is 4.21. The maximum atomic E-state index is 11.0. The van der Waals surface area contributed by atoms with Crippen LogP contribution in [0.3, 0.4) is 0 Å². The lowest BCUT2D eigenvalue weighted by molar-refractivity contribution is 0.0580. The summed E-state index contributed by atoms with van der Waals surface area (Å²) in [6, 6.07) is 0. The molecule has 1 unspecified atom stereocenters. The molecule has 4 nitrogen and oxygen atoms in total. The fraction of sp³-hybridized carbons (Fsp3) is 0.900. The molecule has 2 fully saturated rings. The Bertz CT molecular complexity index is 223. The fourth-order valence-corrected chi connectivity index (χ4v) is 2.40. The van der Waals surface area contributed by atoms with Crippen molar-refractivity contribution in [1.82, 2.24) is 9.80 Å². The zero-order valence-corrected chi connectivity index (χ0v) is 9.79. The summed E-state index contributed by atoms with van der Waals surface area (Å²) in [7, 11) is 0. The van der Waals surface area contributed by atoms with E-state index in [1.807, 2.05) is 0 Å². The summed E-state index contributed by atoms with van der Waals surface area (Å²) in [5.74, 6) is 0. The van der Waals surface area contributed by atoms with E-state index in [0.717, 1.165) is 39.3 Å². The van der Waals surface area contributed by atoms with E-state index in [9.17, 15) is 4.79 Å². The standard InChI is InChI=1S/C10H18N2O2S/c13-10(15)12-5-3-11(4-6-12)8-9-2-1-7-14-9/h9H,1-8H2,(H,13,15). The Morgan fingerprint density at radius 2 is 2.07 bits per heavy atom. The highest BCUT2D eigenvalue weighted by atomic mass is 32.1. The molecule has 0 bridgehead atoms. The molecule has 5 heteroatoms. The topological polar surface area (TPSA) is 32.8 Å². The van der Waals surface area contributed by atoms with Crippen molar-refractivity contribution in [2.24, 2.45) is 0 Å². The van der Waals surface area contributed by atoms with Crippen molar-refractivity contribution in [2.45, 2.75) is 18.9 Å². The van der Waals surface area contributed by atoms with Gasteiger partial charge in [0.2, 0.25) is 0 Å². The number of nitrogens with zero attached hydrogens (tertiary/aromatic N) is 2. The minimum Gasteiger partial charge on any atom is -0.377 e. The van der Waals surface area contributed by atoms with Gasteiger partial charge in [0.15, 0.2) is 0 Å². The van der Waals surface area contributed by atoms with Crippen molar-refractivity contribution in [3.63, 3.8) is 0 Å². The normalized spacial score (nSPS) is 28.3. The predicted molar refractivity (Wildman–Crippen MR) is 61.4 cm³/mol. The first kappa shape index (κ1) is 11.2. The number of carbonyl (C=O) groups is 1. The van der Waals surface area contributed by atoms with Crippen LogP contribution in [-0.4, -0.2) is 60.5 Å². The lowest BCUT2D eigenvalue weighted by atomic mass is 10.2. The third-order valence-corrected chi connectivity index (χ3v) is 3.41. The fourth-order valence-electron chi connectivity index (χ4n) is 2.20. The first-order valence-corrected chi connectivity index (χ1v) is 6.02. The lowest BCUT2D eigenvalue weighted by Gasteiger charge is -2.34. The molecule has 2 aliphatic heterocycles. The Labute approximate surface area is 96.0 Å². The molecule has 0 radical (unpaired) electrons. The van der Waals surface area contributed by atoms with Crippen LogP contribution in [-0.2, 0) is 4.74 Å². The molecule has 2 aliphatic rings. The van der Waals surface area contributed by atoms with Gasteiger partial charge >= 0.3 is 0 Å². The highest BCUT2D eigenvalue weighted by molar-refractivity contribution is 7.96. The van der Waals surface area contributed by atoms with Crippen LogP contribution in [0.2, 0.25) is 0 Å². The number of carbonyl (C=O) groups excluding carboxylic acids is 1. The largest absolute Gasteiger partial charge is 0.377 e. The average Bonchev–Trinajstić information content (AvgIpc) is 2.71. The minimum absolute atomic E-state index is 0.105. The third-order valence-electron chi connectivity index (χ3n) is 3.13. The van der Waals surface area contributed by atoms with Crippen LogP contribution in [0.15, 0.2) is 0 Å². The molecule has 1 amide bonds. The van der Waals surface area contributed by atoms with Crippen molar-refractivity contribution in [3.8, 4) is 0 Å². The Kier molecular flexibility index (Phi) is 3.88. The summed E-state index contributed by atoms with van der Waals surface area (Å²) in [5.41, 5.74) is 0. The molecule has 0 aliphatic carbocycles. The summed E-state index contributed by atoms with van der Waals surface area (Å²) < 4.78 is 5.59. The number of rotatable bonds is 2. The van der Waals surface area contributed by atoms with Gasteiger partial charge in [-0.2, -0.15) is 0 Å². The van der Waals surface area contributed by atoms with E-state index >= 15 is 0 Å². The first-order chi connectivity index (χ1) is 7.25. The lowest BCUT2D eigenvalue weighted by Crippen LogP contribution is -2.49. The molecule has 0 N–H and O–H groups in total. The van der Waals surface area contributed by atoms with Gasteiger partial charge in [-0.05, 0) is 12.8 Å². The maximum absolute atomic E-state index is 11.0. The van der Waals surface area contributed by atoms with Crippen LogP contribution < -0.4 is 0 Å². The molecule has 1 atom stereocenters. The van der Waals surface area contributed by atoms with Crippen LogP contribution in [0.5, 0.6) is 0 Å². The molecule has 0 aromatic carbocycles. The Morgan fingerprint density at radius 3 is 2.60 bits per heavy atom. The summed E-state index contributed by atoms with van der Waals surface area (Å²) in [5, 5.41) is -0.105. The van der Waals surface area contributed by atoms with E-state index in [2.05, 4.69) is 17.5 Å². The zero-order valence-electron chi connectivity index (χ0n) is 8.89. The molecule has 0 aromatic rings. The van der Waals surface area contributed by atoms with Crippen LogP contribution >= 0.6 is 12.6 Å². The van der Waals surface area contributed by atoms with Crippen molar-refractivity contribution < 1.29 is 9.53 Å². The summed E-state index contributed by atoms with van der Waals surface area (Å²) in [6.45, 7) is 5.44. The SMILES string of the molecule is O=C(S)N1CCN(CC2CCCO2)CC1. The van der Waals surface area contributed by atoms with E-state index in [1.54, 1.807) is 4.90 Å². The summed E-state index contributed by atoms with van der Waals surface area (Å²) in [6.07, 6.45) is 2.80. The Hall–Kier alpha value is -0.260. The van der Waals surface area contributed by atoms with E-state index in [0.29, 0.717) is 6.10 Å². The molecule has 0 saturated carbocycles. The van der Waals surface area contributed by atoms with E-state index in [4.69, 9.17) is 4.74 Å². The molecular formula is C10H18N2O2S. The van der Waals surface area contributed by atoms with Gasteiger partial charge in [0.05, 0.1) is 6.10 Å². The van der Waals surface area contributed by atoms with Gasteiger partial charge in [-0.25, -0.2) is 0 Å². The van der Waals surface area contributed by atoms with Gasteiger partial charge in [0.1, 0.15) is 0 Å². The van der Waals surface area contributed by atoms with Crippen molar-refractivity contribution in [3.05, 3.63) is 0 Å². The zero-order chi connectivity index (χ0) is 10.7. The highest BCUT2D eigenvalue weighted by Crippen LogP contribution is 2.14. The van der Waals surface area contributed by atoms with Crippen LogP contribution in [0.1, 0.15) is 12.8 Å². The monoisotopic (exact) mass is 230 g/mol. The summed E-state index contributed by atoms with van der Waals surface area (Å²) in [4.78, 5) is 15.2. The third kappa shape index (κ3) is 3.09. The molecule has 86 valence electrons. The number of thiol groups is 1. The van der Waals surface area contributed by atoms with Gasteiger partial charge in [-0.15, -0.1) is 0 Å². The number of ether oxygens (including phenoxy) is 1. The maximum Gasteiger partial charge on any atom is 0.278 e. The molecule has 2 heterocycles. The molecule has 2 rings (SSSR count). The number of piperazine rings is 1. The number of amides is 1. The summed E-state index contributed by atoms with van der Waals surface area (Å²) >= 11 is 3.83. The average molecular weight is 230 g/mol. The van der Waals surface area contributed by atoms with Gasteiger partial charge in [0, 0.05) is 39.3 Å². The number of hydrogen-bond acceptors (Lipinski definition) is 3. The first-order valence-electron chi connectivity index (χ1n) is 5.57. The van der Waals surface area contributed by atoms with Gasteiger partial charge in [-0.1, -0.05) is 12.6 Å².